The van der Waals surface area contributed by atoms with E-state index in [2.05, 4.69) is 5.32 Å². The predicted molar refractivity (Wildman–Crippen MR) is 83.3 cm³/mol. The Labute approximate surface area is 127 Å². The maximum Gasteiger partial charge on any atom is 0.269 e. The number of nitro benzene ring substituents is 1. The van der Waals surface area contributed by atoms with Crippen LogP contribution >= 0.6 is 0 Å². The number of non-ortho nitro benzene ring substituents is 1. The van der Waals surface area contributed by atoms with E-state index < -0.39 is 4.92 Å². The van der Waals surface area contributed by atoms with Crippen LogP contribution in [0.4, 0.5) is 11.4 Å². The van der Waals surface area contributed by atoms with E-state index in [1.54, 1.807) is 24.3 Å². The number of ether oxygens (including phenoxy) is 1. The maximum absolute atomic E-state index is 12.2. The van der Waals surface area contributed by atoms with Crippen molar-refractivity contribution in [1.29, 1.82) is 0 Å². The topological polar surface area (TPSA) is 81.5 Å². The van der Waals surface area contributed by atoms with Crippen LogP contribution in [0.2, 0.25) is 0 Å². The second-order valence-electron chi connectivity index (χ2n) is 4.63. The van der Waals surface area contributed by atoms with E-state index in [1.807, 2.05) is 6.92 Å². The molecule has 6 nitrogen and oxygen atoms in total. The first-order valence-electron chi connectivity index (χ1n) is 6.89. The fourth-order valence-electron chi connectivity index (χ4n) is 1.82. The lowest BCUT2D eigenvalue weighted by Crippen LogP contribution is -2.12. The molecule has 0 spiro atoms. The summed E-state index contributed by atoms with van der Waals surface area (Å²) in [7, 11) is 0. The van der Waals surface area contributed by atoms with Crippen LogP contribution in [-0.4, -0.2) is 17.4 Å². The SMILES string of the molecule is CCCOc1cccc(C(=O)Nc2ccc([N+](=O)[O-])cc2)c1. The van der Waals surface area contributed by atoms with Crippen molar-refractivity contribution in [3.8, 4) is 5.75 Å². The number of hydrogen-bond donors (Lipinski definition) is 1. The van der Waals surface area contributed by atoms with Gasteiger partial charge in [0, 0.05) is 23.4 Å². The number of carbonyl (C=O) groups excluding carboxylic acids is 1. The Kier molecular flexibility index (Phi) is 5.08. The highest BCUT2D eigenvalue weighted by atomic mass is 16.6. The van der Waals surface area contributed by atoms with E-state index in [0.29, 0.717) is 23.6 Å². The van der Waals surface area contributed by atoms with Gasteiger partial charge in [0.15, 0.2) is 0 Å². The van der Waals surface area contributed by atoms with Gasteiger partial charge in [0.05, 0.1) is 11.5 Å². The van der Waals surface area contributed by atoms with E-state index in [9.17, 15) is 14.9 Å². The van der Waals surface area contributed by atoms with Gasteiger partial charge in [-0.15, -0.1) is 0 Å². The van der Waals surface area contributed by atoms with Crippen molar-refractivity contribution >= 4 is 17.3 Å². The Morgan fingerprint density at radius 1 is 1.23 bits per heavy atom. The fraction of sp³-hybridized carbons (Fsp3) is 0.188. The van der Waals surface area contributed by atoms with Gasteiger partial charge in [-0.05, 0) is 36.8 Å². The molecule has 0 aromatic heterocycles. The van der Waals surface area contributed by atoms with Gasteiger partial charge in [0.1, 0.15) is 5.75 Å². The van der Waals surface area contributed by atoms with Crippen LogP contribution in [0.5, 0.6) is 5.75 Å². The molecule has 0 saturated carbocycles. The van der Waals surface area contributed by atoms with Crippen molar-refractivity contribution in [1.82, 2.24) is 0 Å². The summed E-state index contributed by atoms with van der Waals surface area (Å²) in [6.07, 6.45) is 0.888. The molecule has 2 aromatic carbocycles. The second-order valence-corrected chi connectivity index (χ2v) is 4.63. The number of hydrogen-bond acceptors (Lipinski definition) is 4. The minimum Gasteiger partial charge on any atom is -0.494 e. The van der Waals surface area contributed by atoms with Gasteiger partial charge >= 0.3 is 0 Å². The number of nitrogens with one attached hydrogen (secondary N) is 1. The van der Waals surface area contributed by atoms with Crippen molar-refractivity contribution in [2.45, 2.75) is 13.3 Å². The van der Waals surface area contributed by atoms with Crippen LogP contribution < -0.4 is 10.1 Å². The molecule has 0 unspecified atom stereocenters. The zero-order valence-electron chi connectivity index (χ0n) is 12.1. The van der Waals surface area contributed by atoms with Gasteiger partial charge in [-0.1, -0.05) is 13.0 Å². The first-order valence-corrected chi connectivity index (χ1v) is 6.89. The Hall–Kier alpha value is -2.89. The largest absolute Gasteiger partial charge is 0.494 e. The lowest BCUT2D eigenvalue weighted by Gasteiger charge is -2.08. The summed E-state index contributed by atoms with van der Waals surface area (Å²) in [6.45, 7) is 2.60. The number of benzene rings is 2. The van der Waals surface area contributed by atoms with E-state index >= 15 is 0 Å². The molecule has 2 rings (SSSR count). The molecule has 1 N–H and O–H groups in total. The van der Waals surface area contributed by atoms with E-state index in [0.717, 1.165) is 6.42 Å². The van der Waals surface area contributed by atoms with Crippen molar-refractivity contribution in [2.24, 2.45) is 0 Å². The van der Waals surface area contributed by atoms with E-state index in [4.69, 9.17) is 4.74 Å². The van der Waals surface area contributed by atoms with Crippen LogP contribution in [0.1, 0.15) is 23.7 Å². The average molecular weight is 300 g/mol. The molecule has 0 aliphatic rings. The average Bonchev–Trinajstić information content (AvgIpc) is 2.53. The normalized spacial score (nSPS) is 10.0. The van der Waals surface area contributed by atoms with E-state index in [1.165, 1.54) is 24.3 Å². The molecule has 0 heterocycles. The Bertz CT molecular complexity index is 668. The molecule has 6 heteroatoms. The zero-order chi connectivity index (χ0) is 15.9. The van der Waals surface area contributed by atoms with Crippen LogP contribution in [0, 0.1) is 10.1 Å². The highest BCUT2D eigenvalue weighted by molar-refractivity contribution is 6.04. The molecule has 22 heavy (non-hydrogen) atoms. The smallest absolute Gasteiger partial charge is 0.269 e. The summed E-state index contributed by atoms with van der Waals surface area (Å²) in [4.78, 5) is 22.3. The standard InChI is InChI=1S/C16H16N2O4/c1-2-10-22-15-5-3-4-12(11-15)16(19)17-13-6-8-14(9-7-13)18(20)21/h3-9,11H,2,10H2,1H3,(H,17,19). The molecule has 114 valence electrons. The molecule has 0 aliphatic carbocycles. The van der Waals surface area contributed by atoms with Crippen LogP contribution in [-0.2, 0) is 0 Å². The number of nitrogens with zero attached hydrogens (tertiary/aromatic N) is 1. The highest BCUT2D eigenvalue weighted by Gasteiger charge is 2.09. The maximum atomic E-state index is 12.2. The third kappa shape index (κ3) is 4.05. The Morgan fingerprint density at radius 2 is 1.95 bits per heavy atom. The third-order valence-electron chi connectivity index (χ3n) is 2.91. The van der Waals surface area contributed by atoms with Crippen molar-refractivity contribution in [2.75, 3.05) is 11.9 Å². The molecule has 0 radical (unpaired) electrons. The monoisotopic (exact) mass is 300 g/mol. The summed E-state index contributed by atoms with van der Waals surface area (Å²) in [6, 6.07) is 12.6. The van der Waals surface area contributed by atoms with Gasteiger partial charge in [-0.2, -0.15) is 0 Å². The quantitative estimate of drug-likeness (QED) is 0.652. The zero-order valence-corrected chi connectivity index (χ0v) is 12.1. The minimum absolute atomic E-state index is 0.0204. The molecule has 0 fully saturated rings. The second kappa shape index (κ2) is 7.21. The summed E-state index contributed by atoms with van der Waals surface area (Å²) in [5.41, 5.74) is 0.940. The van der Waals surface area contributed by atoms with Gasteiger partial charge in [-0.25, -0.2) is 0 Å². The van der Waals surface area contributed by atoms with Gasteiger partial charge in [-0.3, -0.25) is 14.9 Å². The molecule has 0 saturated heterocycles. The van der Waals surface area contributed by atoms with Gasteiger partial charge in [0.25, 0.3) is 11.6 Å². The Morgan fingerprint density at radius 3 is 2.59 bits per heavy atom. The molecule has 1 amide bonds. The third-order valence-corrected chi connectivity index (χ3v) is 2.91. The lowest BCUT2D eigenvalue weighted by atomic mass is 10.2. The molecule has 0 atom stereocenters. The minimum atomic E-state index is -0.486. The fourth-order valence-corrected chi connectivity index (χ4v) is 1.82. The number of nitro groups is 1. The number of anilines is 1. The van der Waals surface area contributed by atoms with Crippen molar-refractivity contribution in [3.63, 3.8) is 0 Å². The van der Waals surface area contributed by atoms with Crippen LogP contribution in [0.15, 0.2) is 48.5 Å². The van der Waals surface area contributed by atoms with Crippen molar-refractivity contribution < 1.29 is 14.5 Å². The van der Waals surface area contributed by atoms with Gasteiger partial charge in [0.2, 0.25) is 0 Å². The molecule has 0 bridgehead atoms. The van der Waals surface area contributed by atoms with Crippen LogP contribution in [0.3, 0.4) is 0 Å². The summed E-state index contributed by atoms with van der Waals surface area (Å²) in [5.74, 6) is 0.342. The summed E-state index contributed by atoms with van der Waals surface area (Å²) < 4.78 is 5.48. The first-order chi connectivity index (χ1) is 10.6. The lowest BCUT2D eigenvalue weighted by molar-refractivity contribution is -0.384. The number of amides is 1. The van der Waals surface area contributed by atoms with Crippen LogP contribution in [0.25, 0.3) is 0 Å². The Balaban J connectivity index is 2.06. The highest BCUT2D eigenvalue weighted by Crippen LogP contribution is 2.18. The predicted octanol–water partition coefficient (Wildman–Crippen LogP) is 3.64. The molecular formula is C16H16N2O4. The summed E-state index contributed by atoms with van der Waals surface area (Å²) in [5, 5.41) is 13.3. The number of carbonyl (C=O) groups is 1. The molecule has 0 aliphatic heterocycles. The van der Waals surface area contributed by atoms with E-state index in [-0.39, 0.29) is 11.6 Å². The first kappa shape index (κ1) is 15.5. The number of rotatable bonds is 6. The van der Waals surface area contributed by atoms with Crippen molar-refractivity contribution in [3.05, 3.63) is 64.2 Å². The molecule has 2 aromatic rings. The molecular weight excluding hydrogens is 284 g/mol. The summed E-state index contributed by atoms with van der Waals surface area (Å²) >= 11 is 0. The van der Waals surface area contributed by atoms with Gasteiger partial charge < -0.3 is 10.1 Å².